The Morgan fingerprint density at radius 1 is 1.05 bits per heavy atom. The number of primary amides is 1. The zero-order valence-corrected chi connectivity index (χ0v) is 9.76. The molecule has 0 heterocycles. The fourth-order valence-corrected chi connectivity index (χ4v) is 1.81. The van der Waals surface area contributed by atoms with E-state index in [2.05, 4.69) is 0 Å². The first-order valence-electron chi connectivity index (χ1n) is 5.42. The molecule has 0 aliphatic heterocycles. The van der Waals surface area contributed by atoms with Crippen molar-refractivity contribution in [2.24, 2.45) is 5.73 Å². The Bertz CT molecular complexity index is 667. The predicted molar refractivity (Wildman–Crippen MR) is 67.3 cm³/mol. The topological polar surface area (TPSA) is 80.4 Å². The van der Waals surface area contributed by atoms with Crippen LogP contribution in [0.4, 0.5) is 4.39 Å². The number of benzene rings is 2. The number of carbonyl (C=O) groups excluding carboxylic acids is 1. The maximum absolute atomic E-state index is 13.6. The summed E-state index contributed by atoms with van der Waals surface area (Å²) in [6.45, 7) is 0. The number of carbonyl (C=O) groups is 2. The number of hydrogen-bond donors (Lipinski definition) is 2. The van der Waals surface area contributed by atoms with Crippen molar-refractivity contribution in [1.29, 1.82) is 0 Å². The summed E-state index contributed by atoms with van der Waals surface area (Å²) >= 11 is 0. The van der Waals surface area contributed by atoms with Crippen molar-refractivity contribution < 1.29 is 19.1 Å². The first-order valence-corrected chi connectivity index (χ1v) is 5.42. The molecule has 1 amide bonds. The van der Waals surface area contributed by atoms with E-state index in [0.29, 0.717) is 11.1 Å². The second kappa shape index (κ2) is 4.89. The summed E-state index contributed by atoms with van der Waals surface area (Å²) in [6.07, 6.45) is 0. The molecule has 0 aliphatic rings. The average molecular weight is 259 g/mol. The second-order valence-corrected chi connectivity index (χ2v) is 3.91. The summed E-state index contributed by atoms with van der Waals surface area (Å²) in [5.41, 5.74) is 5.94. The smallest absolute Gasteiger partial charge is 0.338 e. The Kier molecular flexibility index (Phi) is 3.29. The van der Waals surface area contributed by atoms with Gasteiger partial charge in [0.2, 0.25) is 5.91 Å². The molecule has 0 spiro atoms. The molecule has 19 heavy (non-hydrogen) atoms. The lowest BCUT2D eigenvalue weighted by Gasteiger charge is -2.07. The molecule has 0 atom stereocenters. The standard InChI is InChI=1S/C14H10FNO3/c15-12-7-8(5-6-11(12)14(18)19)9-3-1-2-4-10(9)13(16)17/h1-7H,(H2,16,17)(H,18,19). The second-order valence-electron chi connectivity index (χ2n) is 3.91. The molecule has 0 aliphatic carbocycles. The summed E-state index contributed by atoms with van der Waals surface area (Å²) < 4.78 is 13.6. The van der Waals surface area contributed by atoms with Crippen LogP contribution >= 0.6 is 0 Å². The maximum Gasteiger partial charge on any atom is 0.338 e. The highest BCUT2D eigenvalue weighted by atomic mass is 19.1. The number of halogens is 1. The van der Waals surface area contributed by atoms with Gasteiger partial charge in [0.15, 0.2) is 0 Å². The van der Waals surface area contributed by atoms with Gasteiger partial charge in [0.05, 0.1) is 5.56 Å². The van der Waals surface area contributed by atoms with Gasteiger partial charge < -0.3 is 10.8 Å². The number of carboxylic acids is 1. The minimum atomic E-state index is -1.34. The summed E-state index contributed by atoms with van der Waals surface area (Å²) in [4.78, 5) is 22.0. The van der Waals surface area contributed by atoms with Crippen molar-refractivity contribution in [3.05, 3.63) is 59.4 Å². The maximum atomic E-state index is 13.6. The summed E-state index contributed by atoms with van der Waals surface area (Å²) in [5.74, 6) is -2.82. The molecule has 0 saturated heterocycles. The van der Waals surface area contributed by atoms with Gasteiger partial charge in [-0.05, 0) is 29.3 Å². The Morgan fingerprint density at radius 3 is 2.32 bits per heavy atom. The van der Waals surface area contributed by atoms with Gasteiger partial charge in [0, 0.05) is 5.56 Å². The minimum absolute atomic E-state index is 0.255. The highest BCUT2D eigenvalue weighted by Gasteiger charge is 2.14. The molecule has 0 bridgehead atoms. The third-order valence-electron chi connectivity index (χ3n) is 2.70. The molecule has 2 rings (SSSR count). The van der Waals surface area contributed by atoms with Crippen LogP contribution in [0.2, 0.25) is 0 Å². The largest absolute Gasteiger partial charge is 0.478 e. The summed E-state index contributed by atoms with van der Waals surface area (Å²) in [6, 6.07) is 10.1. The van der Waals surface area contributed by atoms with Gasteiger partial charge in [-0.15, -0.1) is 0 Å². The summed E-state index contributed by atoms with van der Waals surface area (Å²) in [7, 11) is 0. The molecular formula is C14H10FNO3. The van der Waals surface area contributed by atoms with Crippen molar-refractivity contribution in [3.8, 4) is 11.1 Å². The minimum Gasteiger partial charge on any atom is -0.478 e. The Hall–Kier alpha value is -2.69. The molecular weight excluding hydrogens is 249 g/mol. The molecule has 0 unspecified atom stereocenters. The van der Waals surface area contributed by atoms with E-state index in [9.17, 15) is 14.0 Å². The van der Waals surface area contributed by atoms with E-state index in [0.717, 1.165) is 12.1 Å². The van der Waals surface area contributed by atoms with Crippen molar-refractivity contribution in [2.45, 2.75) is 0 Å². The quantitative estimate of drug-likeness (QED) is 0.887. The summed E-state index contributed by atoms with van der Waals surface area (Å²) in [5, 5.41) is 8.76. The van der Waals surface area contributed by atoms with Crippen molar-refractivity contribution in [3.63, 3.8) is 0 Å². The van der Waals surface area contributed by atoms with Gasteiger partial charge in [-0.3, -0.25) is 4.79 Å². The van der Waals surface area contributed by atoms with Crippen molar-refractivity contribution >= 4 is 11.9 Å². The van der Waals surface area contributed by atoms with E-state index in [4.69, 9.17) is 10.8 Å². The fourth-order valence-electron chi connectivity index (χ4n) is 1.81. The van der Waals surface area contributed by atoms with Crippen LogP contribution in [0.15, 0.2) is 42.5 Å². The molecule has 0 saturated carbocycles. The van der Waals surface area contributed by atoms with E-state index in [1.165, 1.54) is 12.1 Å². The Balaban J connectivity index is 2.57. The lowest BCUT2D eigenvalue weighted by molar-refractivity contribution is 0.0691. The highest BCUT2D eigenvalue weighted by Crippen LogP contribution is 2.25. The first-order chi connectivity index (χ1) is 9.00. The van der Waals surface area contributed by atoms with Crippen LogP contribution in [0, 0.1) is 5.82 Å². The number of aromatic carboxylic acids is 1. The van der Waals surface area contributed by atoms with Gasteiger partial charge in [-0.1, -0.05) is 24.3 Å². The van der Waals surface area contributed by atoms with E-state index in [1.807, 2.05) is 0 Å². The third-order valence-corrected chi connectivity index (χ3v) is 2.70. The molecule has 0 radical (unpaired) electrons. The predicted octanol–water partition coefficient (Wildman–Crippen LogP) is 2.29. The van der Waals surface area contributed by atoms with Gasteiger partial charge in [-0.2, -0.15) is 0 Å². The van der Waals surface area contributed by atoms with E-state index in [-0.39, 0.29) is 5.56 Å². The third kappa shape index (κ3) is 2.44. The molecule has 0 fully saturated rings. The van der Waals surface area contributed by atoms with Crippen LogP contribution < -0.4 is 5.73 Å². The molecule has 96 valence electrons. The lowest BCUT2D eigenvalue weighted by atomic mass is 9.98. The molecule has 2 aromatic carbocycles. The Morgan fingerprint density at radius 2 is 1.74 bits per heavy atom. The number of hydrogen-bond acceptors (Lipinski definition) is 2. The molecule has 2 aromatic rings. The molecule has 5 heteroatoms. The van der Waals surface area contributed by atoms with Gasteiger partial charge in [0.1, 0.15) is 5.82 Å². The van der Waals surface area contributed by atoms with Crippen LogP contribution in [0.25, 0.3) is 11.1 Å². The highest BCUT2D eigenvalue weighted by molar-refractivity contribution is 6.00. The number of rotatable bonds is 3. The number of carboxylic acid groups (broad SMARTS) is 1. The van der Waals surface area contributed by atoms with E-state index >= 15 is 0 Å². The van der Waals surface area contributed by atoms with E-state index < -0.39 is 23.3 Å². The van der Waals surface area contributed by atoms with Crippen LogP contribution in [0.1, 0.15) is 20.7 Å². The monoisotopic (exact) mass is 259 g/mol. The molecule has 0 aromatic heterocycles. The van der Waals surface area contributed by atoms with Gasteiger partial charge in [-0.25, -0.2) is 9.18 Å². The van der Waals surface area contributed by atoms with Crippen molar-refractivity contribution in [2.75, 3.05) is 0 Å². The zero-order chi connectivity index (χ0) is 14.0. The zero-order valence-electron chi connectivity index (χ0n) is 9.76. The fraction of sp³-hybridized carbons (Fsp3) is 0. The number of amides is 1. The number of nitrogens with two attached hydrogens (primary N) is 1. The first kappa shape index (κ1) is 12.8. The molecule has 3 N–H and O–H groups in total. The van der Waals surface area contributed by atoms with E-state index in [1.54, 1.807) is 18.2 Å². The van der Waals surface area contributed by atoms with Crippen LogP contribution in [-0.2, 0) is 0 Å². The van der Waals surface area contributed by atoms with Gasteiger partial charge >= 0.3 is 5.97 Å². The normalized spacial score (nSPS) is 10.2. The van der Waals surface area contributed by atoms with Crippen LogP contribution in [-0.4, -0.2) is 17.0 Å². The average Bonchev–Trinajstić information content (AvgIpc) is 2.38. The lowest BCUT2D eigenvalue weighted by Crippen LogP contribution is -2.12. The van der Waals surface area contributed by atoms with Crippen LogP contribution in [0.3, 0.4) is 0 Å². The van der Waals surface area contributed by atoms with Crippen LogP contribution in [0.5, 0.6) is 0 Å². The van der Waals surface area contributed by atoms with Crippen molar-refractivity contribution in [1.82, 2.24) is 0 Å². The molecule has 4 nitrogen and oxygen atoms in total. The Labute approximate surface area is 108 Å². The SMILES string of the molecule is NC(=O)c1ccccc1-c1ccc(C(=O)O)c(F)c1. The van der Waals surface area contributed by atoms with Gasteiger partial charge in [0.25, 0.3) is 0 Å².